The van der Waals surface area contributed by atoms with Gasteiger partial charge >= 0.3 is 0 Å². The fourth-order valence-electron chi connectivity index (χ4n) is 4.06. The third-order valence-corrected chi connectivity index (χ3v) is 6.65. The molecule has 1 amide bonds. The normalized spacial score (nSPS) is 22.3. The van der Waals surface area contributed by atoms with E-state index in [2.05, 4.69) is 43.9 Å². The van der Waals surface area contributed by atoms with Crippen LogP contribution in [0.5, 0.6) is 0 Å². The number of carbonyl (C=O) groups is 1. The molecule has 4 rings (SSSR count). The Labute approximate surface area is 170 Å². The van der Waals surface area contributed by atoms with Gasteiger partial charge in [-0.3, -0.25) is 4.79 Å². The molecule has 0 radical (unpaired) electrons. The first-order valence-corrected chi connectivity index (χ1v) is 10.4. The van der Waals surface area contributed by atoms with E-state index < -0.39 is 0 Å². The number of hydrogen-bond acceptors (Lipinski definition) is 6. The Kier molecular flexibility index (Phi) is 6.55. The molecule has 2 aromatic heterocycles. The third kappa shape index (κ3) is 4.52. The Bertz CT molecular complexity index is 776. The first-order chi connectivity index (χ1) is 12.6. The van der Waals surface area contributed by atoms with Crippen molar-refractivity contribution in [2.75, 3.05) is 37.6 Å². The first-order valence-electron chi connectivity index (χ1n) is 9.56. The van der Waals surface area contributed by atoms with E-state index in [-0.39, 0.29) is 29.6 Å². The van der Waals surface area contributed by atoms with Crippen LogP contribution in [0.15, 0.2) is 17.8 Å². The summed E-state index contributed by atoms with van der Waals surface area (Å²) in [5, 5.41) is 9.79. The summed E-state index contributed by atoms with van der Waals surface area (Å²) in [6, 6.07) is 2.08. The second kappa shape index (κ2) is 8.71. The van der Waals surface area contributed by atoms with Crippen LogP contribution >= 0.6 is 23.7 Å². The highest BCUT2D eigenvalue weighted by Gasteiger charge is 2.31. The average Bonchev–Trinajstić information content (AvgIpc) is 3.16. The van der Waals surface area contributed by atoms with Gasteiger partial charge in [0.15, 0.2) is 0 Å². The molecule has 2 saturated heterocycles. The minimum absolute atomic E-state index is 0. The molecule has 148 valence electrons. The molecule has 2 fully saturated rings. The molecule has 27 heavy (non-hydrogen) atoms. The van der Waals surface area contributed by atoms with Gasteiger partial charge in [-0.15, -0.1) is 23.7 Å². The van der Waals surface area contributed by atoms with Crippen molar-refractivity contribution >= 4 is 45.7 Å². The van der Waals surface area contributed by atoms with Crippen molar-refractivity contribution in [1.29, 1.82) is 0 Å². The molecule has 0 saturated carbocycles. The summed E-state index contributed by atoms with van der Waals surface area (Å²) in [7, 11) is 0. The van der Waals surface area contributed by atoms with Crippen molar-refractivity contribution in [3.05, 3.63) is 17.8 Å². The van der Waals surface area contributed by atoms with E-state index >= 15 is 0 Å². The number of rotatable bonds is 4. The van der Waals surface area contributed by atoms with Crippen molar-refractivity contribution < 1.29 is 4.79 Å². The molecule has 0 bridgehead atoms. The van der Waals surface area contributed by atoms with Crippen LogP contribution in [-0.2, 0) is 4.79 Å². The monoisotopic (exact) mass is 409 g/mol. The van der Waals surface area contributed by atoms with E-state index in [9.17, 15) is 4.79 Å². The van der Waals surface area contributed by atoms with Gasteiger partial charge in [-0.1, -0.05) is 6.92 Å². The fraction of sp³-hybridized carbons (Fsp3) is 0.632. The molecule has 2 N–H and O–H groups in total. The number of thiophene rings is 1. The summed E-state index contributed by atoms with van der Waals surface area (Å²) in [6.45, 7) is 6.87. The zero-order valence-electron chi connectivity index (χ0n) is 15.7. The van der Waals surface area contributed by atoms with Crippen LogP contribution in [0.2, 0.25) is 0 Å². The van der Waals surface area contributed by atoms with Gasteiger partial charge in [-0.05, 0) is 55.6 Å². The maximum atomic E-state index is 12.8. The molecule has 8 heteroatoms. The maximum Gasteiger partial charge on any atom is 0.224 e. The SMILES string of the molecule is CC1(CNC(=O)C2CCCN(c3ncnc4sccc34)C2)CCNCC1.Cl. The number of fused-ring (bicyclic) bond motifs is 1. The zero-order valence-corrected chi connectivity index (χ0v) is 17.4. The van der Waals surface area contributed by atoms with Crippen molar-refractivity contribution in [3.8, 4) is 0 Å². The van der Waals surface area contributed by atoms with Crippen LogP contribution in [0.4, 0.5) is 5.82 Å². The topological polar surface area (TPSA) is 70.2 Å². The van der Waals surface area contributed by atoms with Crippen molar-refractivity contribution in [2.45, 2.75) is 32.6 Å². The molecular weight excluding hydrogens is 382 g/mol. The van der Waals surface area contributed by atoms with Crippen LogP contribution in [0.3, 0.4) is 0 Å². The summed E-state index contributed by atoms with van der Waals surface area (Å²) in [4.78, 5) is 24.9. The lowest BCUT2D eigenvalue weighted by Gasteiger charge is -2.36. The Balaban J connectivity index is 0.00000210. The zero-order chi connectivity index (χ0) is 18.0. The highest BCUT2D eigenvalue weighted by atomic mass is 35.5. The minimum atomic E-state index is 0. The Hall–Kier alpha value is -1.44. The molecule has 1 atom stereocenters. The minimum Gasteiger partial charge on any atom is -0.355 e. The summed E-state index contributed by atoms with van der Waals surface area (Å²) < 4.78 is 0. The van der Waals surface area contributed by atoms with E-state index in [1.165, 1.54) is 0 Å². The number of aromatic nitrogens is 2. The van der Waals surface area contributed by atoms with Crippen LogP contribution in [0, 0.1) is 11.3 Å². The lowest BCUT2D eigenvalue weighted by molar-refractivity contribution is -0.125. The molecule has 0 aromatic carbocycles. The van der Waals surface area contributed by atoms with E-state index in [0.29, 0.717) is 0 Å². The Morgan fingerprint density at radius 1 is 1.41 bits per heavy atom. The number of nitrogens with zero attached hydrogens (tertiary/aromatic N) is 3. The second-order valence-corrected chi connectivity index (χ2v) is 8.79. The van der Waals surface area contributed by atoms with Gasteiger partial charge < -0.3 is 15.5 Å². The molecule has 6 nitrogen and oxygen atoms in total. The molecular formula is C19H28ClN5OS. The third-order valence-electron chi connectivity index (χ3n) is 5.83. The number of nitrogens with one attached hydrogen (secondary N) is 2. The van der Waals surface area contributed by atoms with Gasteiger partial charge in [0.05, 0.1) is 11.3 Å². The van der Waals surface area contributed by atoms with Gasteiger partial charge in [-0.2, -0.15) is 0 Å². The van der Waals surface area contributed by atoms with Crippen LogP contribution in [-0.4, -0.2) is 48.6 Å². The molecule has 4 heterocycles. The highest BCUT2D eigenvalue weighted by Crippen LogP contribution is 2.30. The average molecular weight is 410 g/mol. The molecule has 2 aliphatic rings. The van der Waals surface area contributed by atoms with E-state index in [0.717, 1.165) is 74.4 Å². The Morgan fingerprint density at radius 3 is 3.04 bits per heavy atom. The van der Waals surface area contributed by atoms with Crippen LogP contribution in [0.1, 0.15) is 32.6 Å². The fourth-order valence-corrected chi connectivity index (χ4v) is 4.79. The molecule has 2 aromatic rings. The van der Waals surface area contributed by atoms with E-state index in [1.54, 1.807) is 17.7 Å². The lowest BCUT2D eigenvalue weighted by atomic mass is 9.81. The largest absolute Gasteiger partial charge is 0.355 e. The molecule has 1 unspecified atom stereocenters. The van der Waals surface area contributed by atoms with Gasteiger partial charge in [0.25, 0.3) is 0 Å². The number of amides is 1. The highest BCUT2D eigenvalue weighted by molar-refractivity contribution is 7.16. The summed E-state index contributed by atoms with van der Waals surface area (Å²) in [5.74, 6) is 1.21. The van der Waals surface area contributed by atoms with Gasteiger partial charge in [0, 0.05) is 19.6 Å². The second-order valence-electron chi connectivity index (χ2n) is 7.90. The predicted octanol–water partition coefficient (Wildman–Crippen LogP) is 2.84. The lowest BCUT2D eigenvalue weighted by Crippen LogP contribution is -2.47. The molecule has 0 spiro atoms. The van der Waals surface area contributed by atoms with Crippen LogP contribution < -0.4 is 15.5 Å². The number of anilines is 1. The quantitative estimate of drug-likeness (QED) is 0.812. The van der Waals surface area contributed by atoms with Gasteiger partial charge in [0.2, 0.25) is 5.91 Å². The smallest absolute Gasteiger partial charge is 0.224 e. The first kappa shape index (κ1) is 20.3. The van der Waals surface area contributed by atoms with Crippen LogP contribution in [0.25, 0.3) is 10.2 Å². The van der Waals surface area contributed by atoms with E-state index in [4.69, 9.17) is 0 Å². The predicted molar refractivity (Wildman–Crippen MR) is 113 cm³/mol. The van der Waals surface area contributed by atoms with Crippen molar-refractivity contribution in [3.63, 3.8) is 0 Å². The van der Waals surface area contributed by atoms with Crippen molar-refractivity contribution in [1.82, 2.24) is 20.6 Å². The number of hydrogen-bond donors (Lipinski definition) is 2. The summed E-state index contributed by atoms with van der Waals surface area (Å²) in [6.07, 6.45) is 5.87. The van der Waals surface area contributed by atoms with Gasteiger partial charge in [0.1, 0.15) is 17.0 Å². The van der Waals surface area contributed by atoms with Crippen molar-refractivity contribution in [2.24, 2.45) is 11.3 Å². The summed E-state index contributed by atoms with van der Waals surface area (Å²) >= 11 is 1.63. The maximum absolute atomic E-state index is 12.8. The number of piperidine rings is 2. The number of halogens is 1. The number of carbonyl (C=O) groups excluding carboxylic acids is 1. The van der Waals surface area contributed by atoms with Gasteiger partial charge in [-0.25, -0.2) is 9.97 Å². The summed E-state index contributed by atoms with van der Waals surface area (Å²) in [5.41, 5.74) is 0.227. The van der Waals surface area contributed by atoms with E-state index in [1.807, 2.05) is 0 Å². The molecule has 0 aliphatic carbocycles. The molecule has 2 aliphatic heterocycles. The standard InChI is InChI=1S/C19H27N5OS.ClH/c1-19(5-7-20-8-6-19)12-21-17(25)14-3-2-9-24(11-14)16-15-4-10-26-18(15)23-13-22-16;/h4,10,13-14,20H,2-3,5-9,11-12H2,1H3,(H,21,25);1H. The Morgan fingerprint density at radius 2 is 2.22 bits per heavy atom.